The second-order valence-corrected chi connectivity index (χ2v) is 4.54. The third kappa shape index (κ3) is 3.75. The number of carbonyl (C=O) groups excluding carboxylic acids is 1. The Hall–Kier alpha value is -1.96. The first-order valence-electron chi connectivity index (χ1n) is 5.11. The molecule has 0 aliphatic heterocycles. The lowest BCUT2D eigenvalue weighted by atomic mass is 10.2. The lowest BCUT2D eigenvalue weighted by Gasteiger charge is -2.10. The van der Waals surface area contributed by atoms with Crippen molar-refractivity contribution in [3.05, 3.63) is 42.2 Å². The second kappa shape index (κ2) is 5.35. The molecule has 0 radical (unpaired) electrons. The highest BCUT2D eigenvalue weighted by molar-refractivity contribution is 8.00. The van der Waals surface area contributed by atoms with E-state index in [1.807, 2.05) is 0 Å². The van der Waals surface area contributed by atoms with Gasteiger partial charge in [-0.3, -0.25) is 10.1 Å². The Bertz CT molecular complexity index is 569. The summed E-state index contributed by atoms with van der Waals surface area (Å²) in [6.07, 6.45) is 2.91. The Kier molecular flexibility index (Phi) is 3.79. The van der Waals surface area contributed by atoms with E-state index in [0.717, 1.165) is 0 Å². The Morgan fingerprint density at radius 1 is 1.32 bits per heavy atom. The highest BCUT2D eigenvalue weighted by Crippen LogP contribution is 2.38. The van der Waals surface area contributed by atoms with E-state index in [2.05, 4.69) is 15.3 Å². The zero-order valence-corrected chi connectivity index (χ0v) is 10.2. The number of nitrogens with zero attached hydrogens (tertiary/aromatic N) is 1. The van der Waals surface area contributed by atoms with Gasteiger partial charge in [-0.15, -0.1) is 0 Å². The molecule has 0 unspecified atom stereocenters. The molecule has 0 aliphatic carbocycles. The summed E-state index contributed by atoms with van der Waals surface area (Å²) in [6.45, 7) is 0. The molecule has 19 heavy (non-hydrogen) atoms. The number of amides is 1. The SMILES string of the molecule is O=C(Nc1ncc[nH]1)c1ccccc1SC(F)(F)F. The molecule has 1 heterocycles. The molecule has 0 aliphatic rings. The lowest BCUT2D eigenvalue weighted by molar-refractivity contribution is -0.0328. The number of nitrogens with one attached hydrogen (secondary N) is 2. The maximum absolute atomic E-state index is 12.4. The minimum Gasteiger partial charge on any atom is -0.331 e. The lowest BCUT2D eigenvalue weighted by Crippen LogP contribution is -2.14. The van der Waals surface area contributed by atoms with Gasteiger partial charge >= 0.3 is 5.51 Å². The average Bonchev–Trinajstić information content (AvgIpc) is 2.80. The number of alkyl halides is 3. The third-order valence-electron chi connectivity index (χ3n) is 2.09. The van der Waals surface area contributed by atoms with Crippen molar-refractivity contribution < 1.29 is 18.0 Å². The number of halogens is 3. The molecular weight excluding hydrogens is 279 g/mol. The fourth-order valence-corrected chi connectivity index (χ4v) is 2.04. The number of aromatic nitrogens is 2. The number of rotatable bonds is 3. The summed E-state index contributed by atoms with van der Waals surface area (Å²) < 4.78 is 37.1. The number of imidazole rings is 1. The molecule has 0 spiro atoms. The van der Waals surface area contributed by atoms with E-state index in [1.54, 1.807) is 0 Å². The predicted octanol–water partition coefficient (Wildman–Crippen LogP) is 3.27. The molecule has 0 atom stereocenters. The Balaban J connectivity index is 2.21. The monoisotopic (exact) mass is 287 g/mol. The molecule has 8 heteroatoms. The van der Waals surface area contributed by atoms with Gasteiger partial charge in [-0.2, -0.15) is 13.2 Å². The fourth-order valence-electron chi connectivity index (χ4n) is 1.38. The van der Waals surface area contributed by atoms with E-state index in [0.29, 0.717) is 0 Å². The van der Waals surface area contributed by atoms with Crippen LogP contribution in [0.5, 0.6) is 0 Å². The Morgan fingerprint density at radius 2 is 2.05 bits per heavy atom. The van der Waals surface area contributed by atoms with E-state index in [-0.39, 0.29) is 28.2 Å². The van der Waals surface area contributed by atoms with Crippen LogP contribution in [0.15, 0.2) is 41.6 Å². The number of anilines is 1. The zero-order valence-electron chi connectivity index (χ0n) is 9.36. The van der Waals surface area contributed by atoms with Crippen LogP contribution in [-0.4, -0.2) is 21.4 Å². The molecule has 4 nitrogen and oxygen atoms in total. The van der Waals surface area contributed by atoms with Crippen LogP contribution in [0.2, 0.25) is 0 Å². The molecule has 100 valence electrons. The van der Waals surface area contributed by atoms with Gasteiger partial charge in [0.05, 0.1) is 5.56 Å². The van der Waals surface area contributed by atoms with Gasteiger partial charge < -0.3 is 4.98 Å². The van der Waals surface area contributed by atoms with Crippen molar-refractivity contribution in [1.29, 1.82) is 0 Å². The number of hydrogen-bond donors (Lipinski definition) is 2. The predicted molar refractivity (Wildman–Crippen MR) is 64.9 cm³/mol. The van der Waals surface area contributed by atoms with Crippen LogP contribution < -0.4 is 5.32 Å². The van der Waals surface area contributed by atoms with Gasteiger partial charge in [0.1, 0.15) is 0 Å². The molecule has 2 aromatic rings. The van der Waals surface area contributed by atoms with E-state index in [1.165, 1.54) is 36.7 Å². The van der Waals surface area contributed by atoms with Crippen molar-refractivity contribution >= 4 is 23.6 Å². The molecule has 2 N–H and O–H groups in total. The summed E-state index contributed by atoms with van der Waals surface area (Å²) in [4.78, 5) is 18.1. The van der Waals surface area contributed by atoms with Gasteiger partial charge in [-0.25, -0.2) is 4.98 Å². The molecule has 0 saturated heterocycles. The molecule has 0 saturated carbocycles. The number of aromatic amines is 1. The second-order valence-electron chi connectivity index (χ2n) is 3.44. The first kappa shape index (κ1) is 13.5. The smallest absolute Gasteiger partial charge is 0.331 e. The molecule has 0 fully saturated rings. The minimum atomic E-state index is -4.44. The van der Waals surface area contributed by atoms with Crippen LogP contribution in [-0.2, 0) is 0 Å². The maximum atomic E-state index is 12.4. The van der Waals surface area contributed by atoms with Gasteiger partial charge in [-0.1, -0.05) is 12.1 Å². The number of hydrogen-bond acceptors (Lipinski definition) is 3. The molecule has 1 aromatic heterocycles. The van der Waals surface area contributed by atoms with Crippen molar-refractivity contribution in [1.82, 2.24) is 9.97 Å². The Morgan fingerprint density at radius 3 is 2.68 bits per heavy atom. The minimum absolute atomic E-state index is 0.0544. The van der Waals surface area contributed by atoms with Crippen molar-refractivity contribution in [2.24, 2.45) is 0 Å². The standard InChI is InChI=1S/C11H8F3N3OS/c12-11(13,14)19-8-4-2-1-3-7(8)9(18)17-10-15-5-6-16-10/h1-6H,(H2,15,16,17,18). The average molecular weight is 287 g/mol. The van der Waals surface area contributed by atoms with E-state index in [9.17, 15) is 18.0 Å². The van der Waals surface area contributed by atoms with Crippen LogP contribution >= 0.6 is 11.8 Å². The molecule has 0 bridgehead atoms. The first-order chi connectivity index (χ1) is 8.96. The fraction of sp³-hybridized carbons (Fsp3) is 0.0909. The topological polar surface area (TPSA) is 57.8 Å². The van der Waals surface area contributed by atoms with Crippen LogP contribution in [0.1, 0.15) is 10.4 Å². The third-order valence-corrected chi connectivity index (χ3v) is 2.89. The van der Waals surface area contributed by atoms with Gasteiger partial charge in [0, 0.05) is 17.3 Å². The number of benzene rings is 1. The number of thioether (sulfide) groups is 1. The molecule has 1 amide bonds. The normalized spacial score (nSPS) is 11.3. The van der Waals surface area contributed by atoms with Crippen molar-refractivity contribution in [3.8, 4) is 0 Å². The van der Waals surface area contributed by atoms with Gasteiger partial charge in [-0.05, 0) is 23.9 Å². The molecule has 1 aromatic carbocycles. The summed E-state index contributed by atoms with van der Waals surface area (Å²) in [5.74, 6) is -0.473. The quantitative estimate of drug-likeness (QED) is 0.852. The van der Waals surface area contributed by atoms with Gasteiger partial charge in [0.2, 0.25) is 5.95 Å². The van der Waals surface area contributed by atoms with Crippen LogP contribution in [0.4, 0.5) is 19.1 Å². The molecule has 2 rings (SSSR count). The highest BCUT2D eigenvalue weighted by atomic mass is 32.2. The van der Waals surface area contributed by atoms with E-state index >= 15 is 0 Å². The maximum Gasteiger partial charge on any atom is 0.446 e. The number of H-pyrrole nitrogens is 1. The van der Waals surface area contributed by atoms with E-state index in [4.69, 9.17) is 0 Å². The van der Waals surface area contributed by atoms with Gasteiger partial charge in [0.15, 0.2) is 0 Å². The summed E-state index contributed by atoms with van der Waals surface area (Å²) in [7, 11) is 0. The van der Waals surface area contributed by atoms with Crippen LogP contribution in [0, 0.1) is 0 Å². The van der Waals surface area contributed by atoms with Crippen molar-refractivity contribution in [3.63, 3.8) is 0 Å². The Labute approximate surface area is 110 Å². The zero-order chi connectivity index (χ0) is 13.9. The summed E-state index contributed by atoms with van der Waals surface area (Å²) in [5.41, 5.74) is -4.50. The summed E-state index contributed by atoms with van der Waals surface area (Å²) in [6, 6.07) is 5.51. The van der Waals surface area contributed by atoms with Crippen LogP contribution in [0.25, 0.3) is 0 Å². The van der Waals surface area contributed by atoms with Crippen LogP contribution in [0.3, 0.4) is 0 Å². The highest BCUT2D eigenvalue weighted by Gasteiger charge is 2.31. The largest absolute Gasteiger partial charge is 0.446 e. The van der Waals surface area contributed by atoms with Gasteiger partial charge in [0.25, 0.3) is 5.91 Å². The molecular formula is C11H8F3N3OS. The number of carbonyl (C=O) groups is 1. The summed E-state index contributed by atoms with van der Waals surface area (Å²) >= 11 is -0.323. The first-order valence-corrected chi connectivity index (χ1v) is 5.93. The van der Waals surface area contributed by atoms with Crippen molar-refractivity contribution in [2.75, 3.05) is 5.32 Å². The summed E-state index contributed by atoms with van der Waals surface area (Å²) in [5, 5.41) is 2.38. The van der Waals surface area contributed by atoms with Crippen molar-refractivity contribution in [2.45, 2.75) is 10.4 Å². The van der Waals surface area contributed by atoms with E-state index < -0.39 is 11.4 Å².